The minimum atomic E-state index is -1.59. The second kappa shape index (κ2) is 12.9. The van der Waals surface area contributed by atoms with Gasteiger partial charge in [-0.3, -0.25) is 19.2 Å². The number of hydrogen-bond donors (Lipinski definition) is 2. The first-order chi connectivity index (χ1) is 15.0. The molecule has 0 fully saturated rings. The van der Waals surface area contributed by atoms with Crippen molar-refractivity contribution in [2.45, 2.75) is 119 Å². The van der Waals surface area contributed by atoms with Crippen molar-refractivity contribution >= 4 is 23.9 Å². The molecule has 0 aliphatic rings. The van der Waals surface area contributed by atoms with Gasteiger partial charge in [-0.2, -0.15) is 0 Å². The molecule has 0 saturated heterocycles. The maximum absolute atomic E-state index is 12.6. The summed E-state index contributed by atoms with van der Waals surface area (Å²) in [5.41, 5.74) is -3.20. The summed E-state index contributed by atoms with van der Waals surface area (Å²) < 4.78 is 11.2. The Labute approximate surface area is 198 Å². The molecule has 8 heteroatoms. The molecular weight excluding hydrogens is 428 g/mol. The molecule has 0 rings (SSSR count). The van der Waals surface area contributed by atoms with Crippen LogP contribution >= 0.6 is 0 Å². The normalized spacial score (nSPS) is 15.8. The molecule has 0 spiro atoms. The van der Waals surface area contributed by atoms with Gasteiger partial charge in [-0.05, 0) is 68.2 Å². The van der Waals surface area contributed by atoms with Crippen LogP contribution in [0.15, 0.2) is 0 Å². The minimum absolute atomic E-state index is 0.148. The van der Waals surface area contributed by atoms with E-state index in [0.29, 0.717) is 12.8 Å². The zero-order valence-electron chi connectivity index (χ0n) is 21.7. The number of carboxylic acid groups (broad SMARTS) is 2. The minimum Gasteiger partial charge on any atom is -0.481 e. The Hall–Kier alpha value is -2.12. The Kier molecular flexibility index (Phi) is 12.1. The van der Waals surface area contributed by atoms with Gasteiger partial charge in [0.25, 0.3) is 0 Å². The summed E-state index contributed by atoms with van der Waals surface area (Å²) in [6, 6.07) is 0. The molecule has 0 aromatic carbocycles. The Morgan fingerprint density at radius 3 is 1.36 bits per heavy atom. The lowest BCUT2D eigenvalue weighted by atomic mass is 9.73. The highest BCUT2D eigenvalue weighted by molar-refractivity contribution is 5.80. The Morgan fingerprint density at radius 2 is 1.03 bits per heavy atom. The molecule has 0 saturated carbocycles. The van der Waals surface area contributed by atoms with Crippen LogP contribution in [0.2, 0.25) is 0 Å². The summed E-state index contributed by atoms with van der Waals surface area (Å²) in [6.07, 6.45) is 2.69. The zero-order chi connectivity index (χ0) is 26.0. The van der Waals surface area contributed by atoms with Gasteiger partial charge in [0.15, 0.2) is 0 Å². The van der Waals surface area contributed by atoms with Gasteiger partial charge in [-0.15, -0.1) is 0 Å². The monoisotopic (exact) mass is 472 g/mol. The summed E-state index contributed by atoms with van der Waals surface area (Å²) in [5.74, 6) is -3.02. The fourth-order valence-electron chi connectivity index (χ4n) is 3.48. The van der Waals surface area contributed by atoms with Crippen molar-refractivity contribution in [3.8, 4) is 0 Å². The Morgan fingerprint density at radius 1 is 0.667 bits per heavy atom. The summed E-state index contributed by atoms with van der Waals surface area (Å²) in [6.45, 7) is 13.2. The van der Waals surface area contributed by atoms with Crippen LogP contribution in [0, 0.1) is 16.2 Å². The van der Waals surface area contributed by atoms with Crippen molar-refractivity contribution in [3.63, 3.8) is 0 Å². The number of unbranched alkanes of at least 4 members (excludes halogenated alkanes) is 5. The molecule has 0 aliphatic heterocycles. The molecule has 0 aromatic rings. The van der Waals surface area contributed by atoms with E-state index in [2.05, 4.69) is 0 Å². The van der Waals surface area contributed by atoms with E-state index in [4.69, 9.17) is 14.6 Å². The van der Waals surface area contributed by atoms with Crippen molar-refractivity contribution < 1.29 is 38.9 Å². The molecule has 0 amide bonds. The molecule has 33 heavy (non-hydrogen) atoms. The van der Waals surface area contributed by atoms with Gasteiger partial charge in [0.2, 0.25) is 0 Å². The lowest BCUT2D eigenvalue weighted by Gasteiger charge is -2.40. The Bertz CT molecular complexity index is 635. The third-order valence-corrected chi connectivity index (χ3v) is 5.87. The highest BCUT2D eigenvalue weighted by atomic mass is 16.6. The first-order valence-corrected chi connectivity index (χ1v) is 11.8. The quantitative estimate of drug-likeness (QED) is 0.260. The first kappa shape index (κ1) is 30.9. The summed E-state index contributed by atoms with van der Waals surface area (Å²) in [4.78, 5) is 48.2. The number of aliphatic carboxylic acids is 2. The molecular formula is C25H44O8. The average molecular weight is 473 g/mol. The summed E-state index contributed by atoms with van der Waals surface area (Å²) >= 11 is 0. The van der Waals surface area contributed by atoms with E-state index in [1.54, 1.807) is 55.4 Å². The van der Waals surface area contributed by atoms with E-state index in [-0.39, 0.29) is 12.8 Å². The van der Waals surface area contributed by atoms with Crippen LogP contribution in [-0.4, -0.2) is 46.3 Å². The second-order valence-electron chi connectivity index (χ2n) is 11.0. The molecule has 2 unspecified atom stereocenters. The van der Waals surface area contributed by atoms with E-state index < -0.39 is 52.3 Å². The molecule has 0 radical (unpaired) electrons. The van der Waals surface area contributed by atoms with E-state index >= 15 is 0 Å². The van der Waals surface area contributed by atoms with E-state index in [0.717, 1.165) is 25.7 Å². The molecule has 0 bridgehead atoms. The van der Waals surface area contributed by atoms with E-state index in [9.17, 15) is 24.3 Å². The van der Waals surface area contributed by atoms with Gasteiger partial charge >= 0.3 is 23.9 Å². The van der Waals surface area contributed by atoms with Gasteiger partial charge in [0.05, 0.1) is 10.8 Å². The second-order valence-corrected chi connectivity index (χ2v) is 11.0. The van der Waals surface area contributed by atoms with Crippen LogP contribution in [-0.2, 0) is 28.7 Å². The van der Waals surface area contributed by atoms with Crippen LogP contribution in [0.25, 0.3) is 0 Å². The van der Waals surface area contributed by atoms with Gasteiger partial charge in [-0.1, -0.05) is 32.1 Å². The molecule has 8 nitrogen and oxygen atoms in total. The smallest absolute Gasteiger partial charge is 0.317 e. The fraction of sp³-hybridized carbons (Fsp3) is 0.840. The molecule has 2 atom stereocenters. The van der Waals surface area contributed by atoms with Crippen LogP contribution in [0.1, 0.15) is 107 Å². The molecule has 0 heterocycles. The van der Waals surface area contributed by atoms with Crippen molar-refractivity contribution in [3.05, 3.63) is 0 Å². The lowest BCUT2D eigenvalue weighted by molar-refractivity contribution is -0.193. The maximum Gasteiger partial charge on any atom is 0.317 e. The molecule has 192 valence electrons. The number of carbonyl (C=O) groups excluding carboxylic acids is 2. The first-order valence-electron chi connectivity index (χ1n) is 11.8. The van der Waals surface area contributed by atoms with Gasteiger partial charge in [-0.25, -0.2) is 0 Å². The molecule has 2 N–H and O–H groups in total. The zero-order valence-corrected chi connectivity index (χ0v) is 21.7. The molecule has 0 aliphatic carbocycles. The lowest BCUT2D eigenvalue weighted by Crippen LogP contribution is -2.53. The van der Waals surface area contributed by atoms with Crippen LogP contribution in [0.3, 0.4) is 0 Å². The number of ether oxygens (including phenoxy) is 2. The highest BCUT2D eigenvalue weighted by Crippen LogP contribution is 2.39. The van der Waals surface area contributed by atoms with E-state index in [1.807, 2.05) is 0 Å². The van der Waals surface area contributed by atoms with Gasteiger partial charge in [0, 0.05) is 6.42 Å². The predicted octanol–water partition coefficient (Wildman–Crippen LogP) is 5.22. The number of rotatable bonds is 14. The maximum atomic E-state index is 12.6. The largest absolute Gasteiger partial charge is 0.481 e. The summed E-state index contributed by atoms with van der Waals surface area (Å²) in [5, 5.41) is 19.0. The fourth-order valence-corrected chi connectivity index (χ4v) is 3.48. The number of esters is 2. The van der Waals surface area contributed by atoms with Crippen molar-refractivity contribution in [2.75, 3.05) is 0 Å². The predicted molar refractivity (Wildman–Crippen MR) is 125 cm³/mol. The number of carboxylic acids is 2. The van der Waals surface area contributed by atoms with Crippen molar-refractivity contribution in [1.29, 1.82) is 0 Å². The molecule has 0 aromatic heterocycles. The summed E-state index contributed by atoms with van der Waals surface area (Å²) in [7, 11) is 0. The van der Waals surface area contributed by atoms with Gasteiger partial charge in [0.1, 0.15) is 17.6 Å². The van der Waals surface area contributed by atoms with Crippen LogP contribution in [0.4, 0.5) is 0 Å². The third kappa shape index (κ3) is 10.1. The highest BCUT2D eigenvalue weighted by Gasteiger charge is 2.53. The number of hydrogen-bond acceptors (Lipinski definition) is 6. The van der Waals surface area contributed by atoms with Crippen molar-refractivity contribution in [1.82, 2.24) is 0 Å². The van der Waals surface area contributed by atoms with Crippen LogP contribution < -0.4 is 0 Å². The van der Waals surface area contributed by atoms with Crippen LogP contribution in [0.5, 0.6) is 0 Å². The van der Waals surface area contributed by atoms with Crippen molar-refractivity contribution in [2.24, 2.45) is 16.2 Å². The van der Waals surface area contributed by atoms with Gasteiger partial charge < -0.3 is 19.7 Å². The third-order valence-electron chi connectivity index (χ3n) is 5.87. The Balaban J connectivity index is 5.48. The standard InChI is InChI=1S/C25H44O8/c1-17(32-21(30)23(3,4)5)25(20(28)29,18(2)33-22(31)24(6,7)8)16-14-12-10-9-11-13-15-19(26)27/h17-18H,9-16H2,1-8H3,(H,26,27)(H,28,29). The number of carbonyl (C=O) groups is 4. The SMILES string of the molecule is CC(OC(=O)C(C)(C)C)C(CCCCCCCCC(=O)O)(C(=O)O)C(C)OC(=O)C(C)(C)C. The topological polar surface area (TPSA) is 127 Å². The average Bonchev–Trinajstić information content (AvgIpc) is 2.64. The van der Waals surface area contributed by atoms with E-state index in [1.165, 1.54) is 0 Å².